The summed E-state index contributed by atoms with van der Waals surface area (Å²) in [5.41, 5.74) is 3.52. The molecule has 3 heterocycles. The highest BCUT2D eigenvalue weighted by molar-refractivity contribution is 7.22. The molecule has 20 heavy (non-hydrogen) atoms. The smallest absolute Gasteiger partial charge is 0.212 e. The molecule has 0 amide bonds. The second-order valence-corrected chi connectivity index (χ2v) is 6.02. The average Bonchev–Trinajstić information content (AvgIpc) is 2.90. The zero-order chi connectivity index (χ0) is 14.1. The second kappa shape index (κ2) is 5.21. The van der Waals surface area contributed by atoms with Gasteiger partial charge in [-0.1, -0.05) is 13.8 Å². The first-order chi connectivity index (χ1) is 9.69. The average molecular weight is 284 g/mol. The van der Waals surface area contributed by atoms with E-state index in [0.29, 0.717) is 11.8 Å². The van der Waals surface area contributed by atoms with Gasteiger partial charge < -0.3 is 4.74 Å². The molecule has 4 heteroatoms. The van der Waals surface area contributed by atoms with Crippen LogP contribution in [0.5, 0.6) is 5.88 Å². The molecule has 3 nitrogen and oxygen atoms in total. The SMILES string of the molecule is COc1ccc(-c2cc3nccc(C(C)C)c3s2)cn1. The first kappa shape index (κ1) is 13.1. The topological polar surface area (TPSA) is 35.0 Å². The molecule has 0 aliphatic heterocycles. The monoisotopic (exact) mass is 284 g/mol. The van der Waals surface area contributed by atoms with Crippen molar-refractivity contribution in [3.8, 4) is 16.3 Å². The molecule has 0 spiro atoms. The van der Waals surface area contributed by atoms with Crippen molar-refractivity contribution in [1.82, 2.24) is 9.97 Å². The molecule has 3 aromatic heterocycles. The summed E-state index contributed by atoms with van der Waals surface area (Å²) in [6.45, 7) is 4.42. The largest absolute Gasteiger partial charge is 0.481 e. The van der Waals surface area contributed by atoms with E-state index in [0.717, 1.165) is 11.1 Å². The van der Waals surface area contributed by atoms with Crippen molar-refractivity contribution in [2.45, 2.75) is 19.8 Å². The van der Waals surface area contributed by atoms with Gasteiger partial charge in [0.25, 0.3) is 0 Å². The highest BCUT2D eigenvalue weighted by atomic mass is 32.1. The molecule has 0 atom stereocenters. The Morgan fingerprint density at radius 3 is 2.65 bits per heavy atom. The van der Waals surface area contributed by atoms with Gasteiger partial charge in [-0.2, -0.15) is 0 Å². The first-order valence-electron chi connectivity index (χ1n) is 6.58. The molecule has 3 rings (SSSR count). The lowest BCUT2D eigenvalue weighted by Crippen LogP contribution is -1.87. The minimum Gasteiger partial charge on any atom is -0.481 e. The highest BCUT2D eigenvalue weighted by Gasteiger charge is 2.11. The van der Waals surface area contributed by atoms with Crippen molar-refractivity contribution >= 4 is 21.6 Å². The molecule has 102 valence electrons. The van der Waals surface area contributed by atoms with Crippen LogP contribution in [0.3, 0.4) is 0 Å². The van der Waals surface area contributed by atoms with Gasteiger partial charge in [-0.05, 0) is 29.7 Å². The lowest BCUT2D eigenvalue weighted by atomic mass is 10.0. The van der Waals surface area contributed by atoms with Gasteiger partial charge in [-0.25, -0.2) is 4.98 Å². The van der Waals surface area contributed by atoms with E-state index in [1.54, 1.807) is 18.4 Å². The number of nitrogens with zero attached hydrogens (tertiary/aromatic N) is 2. The fourth-order valence-corrected chi connectivity index (χ4v) is 3.47. The zero-order valence-electron chi connectivity index (χ0n) is 11.8. The van der Waals surface area contributed by atoms with E-state index in [1.807, 2.05) is 24.5 Å². The predicted octanol–water partition coefficient (Wildman–Crippen LogP) is 4.49. The van der Waals surface area contributed by atoms with Gasteiger partial charge in [0.1, 0.15) is 0 Å². The Labute approximate surface area is 122 Å². The third-order valence-corrected chi connectivity index (χ3v) is 4.52. The Kier molecular flexibility index (Phi) is 3.40. The molecule has 0 aliphatic rings. The Morgan fingerprint density at radius 1 is 1.15 bits per heavy atom. The molecule has 0 bridgehead atoms. The number of methoxy groups -OCH3 is 1. The number of aromatic nitrogens is 2. The van der Waals surface area contributed by atoms with E-state index in [4.69, 9.17) is 4.74 Å². The van der Waals surface area contributed by atoms with Gasteiger partial charge in [0.05, 0.1) is 17.3 Å². The van der Waals surface area contributed by atoms with Crippen LogP contribution in [0.2, 0.25) is 0 Å². The van der Waals surface area contributed by atoms with E-state index < -0.39 is 0 Å². The lowest BCUT2D eigenvalue weighted by Gasteiger charge is -2.05. The maximum atomic E-state index is 5.09. The Balaban J connectivity index is 2.10. The van der Waals surface area contributed by atoms with Crippen molar-refractivity contribution in [2.24, 2.45) is 0 Å². The van der Waals surface area contributed by atoms with E-state index in [9.17, 15) is 0 Å². The third kappa shape index (κ3) is 2.27. The number of pyridine rings is 2. The van der Waals surface area contributed by atoms with Crippen LogP contribution in [0.15, 0.2) is 36.7 Å². The summed E-state index contributed by atoms with van der Waals surface area (Å²) >= 11 is 1.78. The molecular weight excluding hydrogens is 268 g/mol. The molecule has 0 saturated carbocycles. The van der Waals surface area contributed by atoms with Crippen molar-refractivity contribution < 1.29 is 4.74 Å². The minimum atomic E-state index is 0.501. The standard InChI is InChI=1S/C16H16N2OS/c1-10(2)12-6-7-17-13-8-14(20-16(12)13)11-4-5-15(19-3)18-9-11/h4-10H,1-3H3. The van der Waals surface area contributed by atoms with Crippen molar-refractivity contribution in [3.63, 3.8) is 0 Å². The van der Waals surface area contributed by atoms with Gasteiger partial charge in [-0.15, -0.1) is 11.3 Å². The summed E-state index contributed by atoms with van der Waals surface area (Å²) in [5, 5.41) is 0. The van der Waals surface area contributed by atoms with Crippen LogP contribution in [0.1, 0.15) is 25.3 Å². The normalized spacial score (nSPS) is 11.2. The molecular formula is C16H16N2OS. The summed E-state index contributed by atoms with van der Waals surface area (Å²) in [6.07, 6.45) is 3.74. The quantitative estimate of drug-likeness (QED) is 0.710. The molecule has 0 N–H and O–H groups in total. The van der Waals surface area contributed by atoms with Crippen LogP contribution in [0.25, 0.3) is 20.7 Å². The minimum absolute atomic E-state index is 0.501. The highest BCUT2D eigenvalue weighted by Crippen LogP contribution is 2.36. The second-order valence-electron chi connectivity index (χ2n) is 4.97. The van der Waals surface area contributed by atoms with E-state index in [2.05, 4.69) is 35.9 Å². The van der Waals surface area contributed by atoms with Gasteiger partial charge in [0.15, 0.2) is 0 Å². The number of thiophene rings is 1. The third-order valence-electron chi connectivity index (χ3n) is 3.29. The molecule has 0 radical (unpaired) electrons. The Hall–Kier alpha value is -1.94. The summed E-state index contributed by atoms with van der Waals surface area (Å²) in [4.78, 5) is 9.93. The van der Waals surface area contributed by atoms with Crippen LogP contribution < -0.4 is 4.74 Å². The Bertz CT molecular complexity index is 732. The van der Waals surface area contributed by atoms with Crippen LogP contribution in [0, 0.1) is 0 Å². The van der Waals surface area contributed by atoms with Crippen LogP contribution in [-0.4, -0.2) is 17.1 Å². The van der Waals surface area contributed by atoms with Crippen LogP contribution >= 0.6 is 11.3 Å². The van der Waals surface area contributed by atoms with Gasteiger partial charge in [-0.3, -0.25) is 4.98 Å². The van der Waals surface area contributed by atoms with Gasteiger partial charge in [0, 0.05) is 28.9 Å². The van der Waals surface area contributed by atoms with Crippen LogP contribution in [0.4, 0.5) is 0 Å². The van der Waals surface area contributed by atoms with Crippen molar-refractivity contribution in [2.75, 3.05) is 7.11 Å². The van der Waals surface area contributed by atoms with Crippen molar-refractivity contribution in [1.29, 1.82) is 0 Å². The van der Waals surface area contributed by atoms with Gasteiger partial charge in [0.2, 0.25) is 5.88 Å². The Morgan fingerprint density at radius 2 is 2.00 bits per heavy atom. The van der Waals surface area contributed by atoms with Crippen molar-refractivity contribution in [3.05, 3.63) is 42.2 Å². The first-order valence-corrected chi connectivity index (χ1v) is 7.39. The lowest BCUT2D eigenvalue weighted by molar-refractivity contribution is 0.398. The summed E-state index contributed by atoms with van der Waals surface area (Å²) in [6, 6.07) is 8.16. The molecule has 0 unspecified atom stereocenters. The van der Waals surface area contributed by atoms with E-state index in [1.165, 1.54) is 15.1 Å². The zero-order valence-corrected chi connectivity index (χ0v) is 12.6. The fraction of sp³-hybridized carbons (Fsp3) is 0.250. The summed E-state index contributed by atoms with van der Waals surface area (Å²) in [5.74, 6) is 1.14. The molecule has 3 aromatic rings. The molecule has 0 aliphatic carbocycles. The number of fused-ring (bicyclic) bond motifs is 1. The van der Waals surface area contributed by atoms with Gasteiger partial charge >= 0.3 is 0 Å². The number of hydrogen-bond donors (Lipinski definition) is 0. The summed E-state index contributed by atoms with van der Waals surface area (Å²) in [7, 11) is 1.63. The predicted molar refractivity (Wildman–Crippen MR) is 83.5 cm³/mol. The van der Waals surface area contributed by atoms with Crippen LogP contribution in [-0.2, 0) is 0 Å². The molecule has 0 aromatic carbocycles. The number of rotatable bonds is 3. The molecule has 0 saturated heterocycles. The van der Waals surface area contributed by atoms with E-state index in [-0.39, 0.29) is 0 Å². The number of ether oxygens (including phenoxy) is 1. The van der Waals surface area contributed by atoms with E-state index >= 15 is 0 Å². The fourth-order valence-electron chi connectivity index (χ4n) is 2.20. The maximum Gasteiger partial charge on any atom is 0.212 e. The maximum absolute atomic E-state index is 5.09. The molecule has 0 fully saturated rings. The summed E-state index contributed by atoms with van der Waals surface area (Å²) < 4.78 is 6.37. The number of hydrogen-bond acceptors (Lipinski definition) is 4.